The van der Waals surface area contributed by atoms with E-state index in [1.54, 1.807) is 0 Å². The van der Waals surface area contributed by atoms with Crippen LogP contribution in [0.2, 0.25) is 0 Å². The van der Waals surface area contributed by atoms with Crippen molar-refractivity contribution in [1.29, 1.82) is 0 Å². The van der Waals surface area contributed by atoms with Gasteiger partial charge in [0.05, 0.1) is 18.4 Å². The van der Waals surface area contributed by atoms with Gasteiger partial charge in [-0.05, 0) is 37.0 Å². The van der Waals surface area contributed by atoms with Gasteiger partial charge in [-0.3, -0.25) is 0 Å². The van der Waals surface area contributed by atoms with E-state index >= 15 is 0 Å². The highest BCUT2D eigenvalue weighted by Crippen LogP contribution is 2.20. The lowest BCUT2D eigenvalue weighted by molar-refractivity contribution is 0.0600. The average Bonchev–Trinajstić information content (AvgIpc) is 2.42. The predicted octanol–water partition coefficient (Wildman–Crippen LogP) is 1.77. The van der Waals surface area contributed by atoms with Gasteiger partial charge in [0.2, 0.25) is 10.0 Å². The van der Waals surface area contributed by atoms with Crippen LogP contribution >= 0.6 is 0 Å². The molecule has 118 valence electrons. The molecule has 0 aliphatic rings. The van der Waals surface area contributed by atoms with E-state index in [-0.39, 0.29) is 16.1 Å². The third kappa shape index (κ3) is 5.02. The minimum atomic E-state index is -3.67. The zero-order valence-electron chi connectivity index (χ0n) is 12.5. The van der Waals surface area contributed by atoms with E-state index in [1.165, 1.54) is 25.3 Å². The quantitative estimate of drug-likeness (QED) is 0.454. The molecule has 7 heteroatoms. The first-order valence-corrected chi connectivity index (χ1v) is 8.23. The number of hydrogen-bond donors (Lipinski definition) is 2. The Morgan fingerprint density at radius 3 is 2.57 bits per heavy atom. The van der Waals surface area contributed by atoms with Gasteiger partial charge in [0.1, 0.15) is 4.90 Å². The third-order valence-corrected chi connectivity index (χ3v) is 4.51. The standard InChI is InChI=1S/C14H22N2O4S/c1-10(2)5-4-8-16-21(18,19)13-7-6-11(9-12(13)15)14(17)20-3/h6-7,9-10,16H,4-5,8,15H2,1-3H3. The molecule has 0 atom stereocenters. The van der Waals surface area contributed by atoms with Gasteiger partial charge in [0.25, 0.3) is 0 Å². The summed E-state index contributed by atoms with van der Waals surface area (Å²) in [6.07, 6.45) is 1.70. The highest BCUT2D eigenvalue weighted by Gasteiger charge is 2.18. The third-order valence-electron chi connectivity index (χ3n) is 2.97. The number of benzene rings is 1. The zero-order chi connectivity index (χ0) is 16.0. The number of nitrogens with two attached hydrogens (primary N) is 1. The van der Waals surface area contributed by atoms with Gasteiger partial charge in [0.15, 0.2) is 0 Å². The number of esters is 1. The molecule has 3 N–H and O–H groups in total. The van der Waals surface area contributed by atoms with Gasteiger partial charge < -0.3 is 10.5 Å². The van der Waals surface area contributed by atoms with Crippen LogP contribution in [-0.2, 0) is 14.8 Å². The van der Waals surface area contributed by atoms with Crippen molar-refractivity contribution in [2.24, 2.45) is 5.92 Å². The number of carbonyl (C=O) groups excluding carboxylic acids is 1. The van der Waals surface area contributed by atoms with Crippen molar-refractivity contribution in [3.63, 3.8) is 0 Å². The molecule has 0 spiro atoms. The Kier molecular flexibility index (Phi) is 6.17. The average molecular weight is 314 g/mol. The van der Waals surface area contributed by atoms with Gasteiger partial charge in [-0.2, -0.15) is 0 Å². The minimum absolute atomic E-state index is 0.0225. The van der Waals surface area contributed by atoms with Crippen molar-refractivity contribution >= 4 is 21.7 Å². The number of hydrogen-bond acceptors (Lipinski definition) is 5. The molecular formula is C14H22N2O4S. The molecule has 6 nitrogen and oxygen atoms in total. The summed E-state index contributed by atoms with van der Waals surface area (Å²) in [5.74, 6) is -0.0329. The Morgan fingerprint density at radius 1 is 1.38 bits per heavy atom. The molecule has 0 heterocycles. The summed E-state index contributed by atoms with van der Waals surface area (Å²) in [5.41, 5.74) is 5.96. The van der Waals surface area contributed by atoms with Crippen molar-refractivity contribution in [3.8, 4) is 0 Å². The van der Waals surface area contributed by atoms with E-state index < -0.39 is 16.0 Å². The maximum Gasteiger partial charge on any atom is 0.337 e. The Balaban J connectivity index is 2.81. The normalized spacial score (nSPS) is 11.6. The number of rotatable bonds is 7. The smallest absolute Gasteiger partial charge is 0.337 e. The molecule has 1 rings (SSSR count). The molecule has 21 heavy (non-hydrogen) atoms. The summed E-state index contributed by atoms with van der Waals surface area (Å²) in [6, 6.07) is 3.99. The topological polar surface area (TPSA) is 98.5 Å². The van der Waals surface area contributed by atoms with Crippen molar-refractivity contribution in [3.05, 3.63) is 23.8 Å². The van der Waals surface area contributed by atoms with Gasteiger partial charge in [-0.25, -0.2) is 17.9 Å². The van der Waals surface area contributed by atoms with E-state index in [4.69, 9.17) is 5.73 Å². The van der Waals surface area contributed by atoms with E-state index in [2.05, 4.69) is 23.3 Å². The predicted molar refractivity (Wildman–Crippen MR) is 81.5 cm³/mol. The molecule has 0 amide bonds. The highest BCUT2D eigenvalue weighted by atomic mass is 32.2. The molecule has 0 aliphatic heterocycles. The molecule has 1 aromatic carbocycles. The number of anilines is 1. The summed E-state index contributed by atoms with van der Waals surface area (Å²) in [6.45, 7) is 4.52. The number of nitrogen functional groups attached to an aromatic ring is 1. The lowest BCUT2D eigenvalue weighted by Crippen LogP contribution is -2.26. The molecule has 1 aromatic rings. The Bertz CT molecular complexity index is 597. The molecule has 0 aromatic heterocycles. The maximum absolute atomic E-state index is 12.1. The molecular weight excluding hydrogens is 292 g/mol. The number of ether oxygens (including phenoxy) is 1. The van der Waals surface area contributed by atoms with Crippen LogP contribution in [0.3, 0.4) is 0 Å². The largest absolute Gasteiger partial charge is 0.465 e. The Morgan fingerprint density at radius 2 is 2.05 bits per heavy atom. The van der Waals surface area contributed by atoms with Crippen LogP contribution in [0.5, 0.6) is 0 Å². The van der Waals surface area contributed by atoms with Crippen LogP contribution in [0, 0.1) is 5.92 Å². The lowest BCUT2D eigenvalue weighted by atomic mass is 10.1. The van der Waals surface area contributed by atoms with Crippen LogP contribution in [0.4, 0.5) is 5.69 Å². The summed E-state index contributed by atoms with van der Waals surface area (Å²) in [7, 11) is -2.42. The van der Waals surface area contributed by atoms with E-state index in [9.17, 15) is 13.2 Å². The van der Waals surface area contributed by atoms with Gasteiger partial charge in [-0.1, -0.05) is 13.8 Å². The lowest BCUT2D eigenvalue weighted by Gasteiger charge is -2.10. The van der Waals surface area contributed by atoms with Gasteiger partial charge >= 0.3 is 5.97 Å². The Hall–Kier alpha value is -1.60. The summed E-state index contributed by atoms with van der Waals surface area (Å²) in [4.78, 5) is 11.3. The van der Waals surface area contributed by atoms with Crippen molar-refractivity contribution in [1.82, 2.24) is 4.72 Å². The number of sulfonamides is 1. The van der Waals surface area contributed by atoms with Crippen LogP contribution in [0.15, 0.2) is 23.1 Å². The summed E-state index contributed by atoms with van der Waals surface area (Å²) < 4.78 is 31.4. The monoisotopic (exact) mass is 314 g/mol. The minimum Gasteiger partial charge on any atom is -0.465 e. The molecule has 0 aliphatic carbocycles. The maximum atomic E-state index is 12.1. The van der Waals surface area contributed by atoms with Crippen LogP contribution in [0.1, 0.15) is 37.0 Å². The van der Waals surface area contributed by atoms with E-state index in [1.807, 2.05) is 0 Å². The molecule has 0 bridgehead atoms. The van der Waals surface area contributed by atoms with Crippen LogP contribution < -0.4 is 10.5 Å². The molecule has 0 fully saturated rings. The van der Waals surface area contributed by atoms with Crippen LogP contribution in [-0.4, -0.2) is 28.0 Å². The first-order chi connectivity index (χ1) is 9.77. The fourth-order valence-electron chi connectivity index (χ4n) is 1.83. The second-order valence-electron chi connectivity index (χ2n) is 5.18. The van der Waals surface area contributed by atoms with E-state index in [0.717, 1.165) is 12.8 Å². The summed E-state index contributed by atoms with van der Waals surface area (Å²) >= 11 is 0. The van der Waals surface area contributed by atoms with Gasteiger partial charge in [0, 0.05) is 6.54 Å². The highest BCUT2D eigenvalue weighted by molar-refractivity contribution is 7.89. The molecule has 0 unspecified atom stereocenters. The zero-order valence-corrected chi connectivity index (χ0v) is 13.4. The van der Waals surface area contributed by atoms with Crippen molar-refractivity contribution in [2.45, 2.75) is 31.6 Å². The number of methoxy groups -OCH3 is 1. The Labute approximate surface area is 125 Å². The second kappa shape index (κ2) is 7.42. The second-order valence-corrected chi connectivity index (χ2v) is 6.91. The van der Waals surface area contributed by atoms with Crippen molar-refractivity contribution < 1.29 is 17.9 Å². The fraction of sp³-hybridized carbons (Fsp3) is 0.500. The fourth-order valence-corrected chi connectivity index (χ4v) is 3.02. The first kappa shape index (κ1) is 17.5. The number of carbonyl (C=O) groups is 1. The van der Waals surface area contributed by atoms with E-state index in [0.29, 0.717) is 12.5 Å². The van der Waals surface area contributed by atoms with Gasteiger partial charge in [-0.15, -0.1) is 0 Å². The molecule has 0 saturated heterocycles. The van der Waals surface area contributed by atoms with Crippen molar-refractivity contribution in [2.75, 3.05) is 19.4 Å². The SMILES string of the molecule is COC(=O)c1ccc(S(=O)(=O)NCCCC(C)C)c(N)c1. The first-order valence-electron chi connectivity index (χ1n) is 6.75. The van der Waals surface area contributed by atoms with Crippen LogP contribution in [0.25, 0.3) is 0 Å². The number of nitrogens with one attached hydrogen (secondary N) is 1. The summed E-state index contributed by atoms with van der Waals surface area (Å²) in [5, 5.41) is 0. The molecule has 0 radical (unpaired) electrons. The molecule has 0 saturated carbocycles.